The average Bonchev–Trinajstić information content (AvgIpc) is 3.05. The van der Waals surface area contributed by atoms with Gasteiger partial charge in [0, 0.05) is 24.9 Å². The molecule has 0 aromatic heterocycles. The highest BCUT2D eigenvalue weighted by Crippen LogP contribution is 2.69. The Hall–Kier alpha value is -0.240. The van der Waals surface area contributed by atoms with Crippen molar-refractivity contribution in [1.82, 2.24) is 0 Å². The first-order chi connectivity index (χ1) is 15.8. The standard InChI is InChI=1S/C28H50O6/c1-15(17(3)14-29)6-7-16(2)18-12-20(31)25-26(18,4)11-9-22-27(5)10-8-19(30)24(33)23(27)21(32)13-28(22,25)34/h15-25,29-34H,6-14H2,1-5H3/t15-,16-,17-,18-,19+,20-,21+,22-,23+,24+,25-,26-,27-,28+/m1/s1. The molecule has 0 aromatic carbocycles. The fourth-order valence-corrected chi connectivity index (χ4v) is 9.71. The second-order valence-corrected chi connectivity index (χ2v) is 13.6. The van der Waals surface area contributed by atoms with Gasteiger partial charge in [0.25, 0.3) is 0 Å². The Morgan fingerprint density at radius 2 is 1.47 bits per heavy atom. The number of aliphatic hydroxyl groups excluding tert-OH is 5. The lowest BCUT2D eigenvalue weighted by Crippen LogP contribution is -2.70. The van der Waals surface area contributed by atoms with E-state index in [9.17, 15) is 30.6 Å². The minimum atomic E-state index is -1.17. The molecule has 14 atom stereocenters. The molecular weight excluding hydrogens is 432 g/mol. The van der Waals surface area contributed by atoms with E-state index in [1.807, 2.05) is 0 Å². The number of hydrogen-bond donors (Lipinski definition) is 6. The van der Waals surface area contributed by atoms with Crippen LogP contribution in [0.25, 0.3) is 0 Å². The Kier molecular flexibility index (Phi) is 7.30. The zero-order valence-corrected chi connectivity index (χ0v) is 21.9. The van der Waals surface area contributed by atoms with Gasteiger partial charge in [-0.25, -0.2) is 0 Å². The second-order valence-electron chi connectivity index (χ2n) is 13.6. The molecule has 0 unspecified atom stereocenters. The van der Waals surface area contributed by atoms with Crippen LogP contribution < -0.4 is 0 Å². The third-order valence-electron chi connectivity index (χ3n) is 11.8. The van der Waals surface area contributed by atoms with Crippen molar-refractivity contribution in [3.8, 4) is 0 Å². The minimum Gasteiger partial charge on any atom is -0.396 e. The van der Waals surface area contributed by atoms with Gasteiger partial charge >= 0.3 is 0 Å². The maximum Gasteiger partial charge on any atom is 0.0857 e. The summed E-state index contributed by atoms with van der Waals surface area (Å²) in [6.45, 7) is 11.1. The topological polar surface area (TPSA) is 121 Å². The predicted molar refractivity (Wildman–Crippen MR) is 131 cm³/mol. The SMILES string of the molecule is C[C@H](CO)[C@H](C)CC[C@@H](C)[C@H]1C[C@@H](O)[C@@H]2[C@]1(C)CC[C@@H]1[C@@]3(C)CC[C@H](O)[C@H](O)[C@@H]3[C@@H](O)C[C@]12O. The Morgan fingerprint density at radius 1 is 0.824 bits per heavy atom. The van der Waals surface area contributed by atoms with Crippen molar-refractivity contribution in [3.63, 3.8) is 0 Å². The van der Waals surface area contributed by atoms with Gasteiger partial charge in [-0.05, 0) is 72.5 Å². The summed E-state index contributed by atoms with van der Waals surface area (Å²) in [7, 11) is 0. The molecule has 0 aliphatic heterocycles. The van der Waals surface area contributed by atoms with Crippen LogP contribution >= 0.6 is 0 Å². The van der Waals surface area contributed by atoms with E-state index in [2.05, 4.69) is 34.6 Å². The Morgan fingerprint density at radius 3 is 2.12 bits per heavy atom. The van der Waals surface area contributed by atoms with Crippen molar-refractivity contribution in [2.45, 2.75) is 116 Å². The molecule has 6 nitrogen and oxygen atoms in total. The van der Waals surface area contributed by atoms with E-state index in [4.69, 9.17) is 0 Å². The first-order valence-corrected chi connectivity index (χ1v) is 13.9. The molecule has 4 fully saturated rings. The molecule has 4 rings (SSSR count). The van der Waals surface area contributed by atoms with Crippen molar-refractivity contribution in [3.05, 3.63) is 0 Å². The first-order valence-electron chi connectivity index (χ1n) is 13.9. The maximum atomic E-state index is 12.4. The summed E-state index contributed by atoms with van der Waals surface area (Å²) in [5.41, 5.74) is -1.84. The summed E-state index contributed by atoms with van der Waals surface area (Å²) in [6.07, 6.45) is 2.50. The molecule has 6 N–H and O–H groups in total. The van der Waals surface area contributed by atoms with Gasteiger partial charge in [-0.1, -0.05) is 47.5 Å². The van der Waals surface area contributed by atoms with E-state index in [0.717, 1.165) is 25.7 Å². The molecule has 4 aliphatic carbocycles. The summed E-state index contributed by atoms with van der Waals surface area (Å²) in [5, 5.41) is 65.6. The van der Waals surface area contributed by atoms with Crippen molar-refractivity contribution in [1.29, 1.82) is 0 Å². The van der Waals surface area contributed by atoms with Crippen LogP contribution in [0.4, 0.5) is 0 Å². The molecule has 0 spiro atoms. The lowest BCUT2D eigenvalue weighted by Gasteiger charge is -2.66. The van der Waals surface area contributed by atoms with E-state index >= 15 is 0 Å². The van der Waals surface area contributed by atoms with E-state index in [1.54, 1.807) is 0 Å². The third-order valence-corrected chi connectivity index (χ3v) is 11.8. The lowest BCUT2D eigenvalue weighted by molar-refractivity contribution is -0.280. The maximum absolute atomic E-state index is 12.4. The molecule has 0 amide bonds. The largest absolute Gasteiger partial charge is 0.396 e. The molecule has 4 saturated carbocycles. The fourth-order valence-electron chi connectivity index (χ4n) is 9.71. The molecule has 4 aliphatic rings. The number of fused-ring (bicyclic) bond motifs is 5. The predicted octanol–water partition coefficient (Wildman–Crippen LogP) is 2.71. The summed E-state index contributed by atoms with van der Waals surface area (Å²) in [6, 6.07) is 0. The first kappa shape index (κ1) is 26.8. The Bertz CT molecular complexity index is 732. The van der Waals surface area contributed by atoms with Crippen LogP contribution in [0.3, 0.4) is 0 Å². The van der Waals surface area contributed by atoms with E-state index in [-0.39, 0.29) is 36.2 Å². The zero-order valence-electron chi connectivity index (χ0n) is 21.9. The highest BCUT2D eigenvalue weighted by molar-refractivity contribution is 5.20. The molecule has 34 heavy (non-hydrogen) atoms. The van der Waals surface area contributed by atoms with Gasteiger partial charge in [-0.3, -0.25) is 0 Å². The summed E-state index contributed by atoms with van der Waals surface area (Å²) >= 11 is 0. The van der Waals surface area contributed by atoms with Crippen molar-refractivity contribution in [2.24, 2.45) is 52.3 Å². The molecule has 0 heterocycles. The summed E-state index contributed by atoms with van der Waals surface area (Å²) in [5.74, 6) is 0.578. The van der Waals surface area contributed by atoms with Gasteiger partial charge in [0.15, 0.2) is 0 Å². The normalized spacial score (nSPS) is 53.4. The van der Waals surface area contributed by atoms with Crippen LogP contribution in [0.2, 0.25) is 0 Å². The number of rotatable bonds is 6. The molecule has 198 valence electrons. The quantitative estimate of drug-likeness (QED) is 0.346. The van der Waals surface area contributed by atoms with Crippen LogP contribution in [-0.2, 0) is 0 Å². The van der Waals surface area contributed by atoms with Gasteiger partial charge < -0.3 is 30.6 Å². The van der Waals surface area contributed by atoms with Crippen molar-refractivity contribution in [2.75, 3.05) is 6.61 Å². The number of aliphatic hydroxyl groups is 6. The molecule has 0 saturated heterocycles. The lowest BCUT2D eigenvalue weighted by atomic mass is 9.41. The van der Waals surface area contributed by atoms with E-state index in [0.29, 0.717) is 37.0 Å². The number of hydrogen-bond acceptors (Lipinski definition) is 6. The molecule has 0 aromatic rings. The summed E-state index contributed by atoms with van der Waals surface area (Å²) in [4.78, 5) is 0. The van der Waals surface area contributed by atoms with E-state index < -0.39 is 41.3 Å². The van der Waals surface area contributed by atoms with Crippen LogP contribution in [-0.4, -0.2) is 67.3 Å². The molecule has 0 bridgehead atoms. The monoisotopic (exact) mass is 482 g/mol. The fraction of sp³-hybridized carbons (Fsp3) is 1.00. The third kappa shape index (κ3) is 3.90. The van der Waals surface area contributed by atoms with Gasteiger partial charge in [0.05, 0.1) is 30.0 Å². The van der Waals surface area contributed by atoms with Gasteiger partial charge in [0.2, 0.25) is 0 Å². The molecule has 0 radical (unpaired) electrons. The van der Waals surface area contributed by atoms with Gasteiger partial charge in [0.1, 0.15) is 0 Å². The molecular formula is C28H50O6. The Labute approximate surface area is 205 Å². The Balaban J connectivity index is 1.59. The van der Waals surface area contributed by atoms with Crippen LogP contribution in [0.5, 0.6) is 0 Å². The van der Waals surface area contributed by atoms with Crippen LogP contribution in [0, 0.1) is 52.3 Å². The van der Waals surface area contributed by atoms with Crippen LogP contribution in [0.1, 0.15) is 86.0 Å². The highest BCUT2D eigenvalue weighted by Gasteiger charge is 2.71. The smallest absolute Gasteiger partial charge is 0.0857 e. The molecule has 6 heteroatoms. The zero-order chi connectivity index (χ0) is 25.2. The van der Waals surface area contributed by atoms with Gasteiger partial charge in [-0.2, -0.15) is 0 Å². The average molecular weight is 483 g/mol. The summed E-state index contributed by atoms with van der Waals surface area (Å²) < 4.78 is 0. The minimum absolute atomic E-state index is 0.109. The van der Waals surface area contributed by atoms with Gasteiger partial charge in [-0.15, -0.1) is 0 Å². The van der Waals surface area contributed by atoms with Crippen LogP contribution in [0.15, 0.2) is 0 Å². The van der Waals surface area contributed by atoms with Crippen molar-refractivity contribution >= 4 is 0 Å². The highest BCUT2D eigenvalue weighted by atomic mass is 16.3. The van der Waals surface area contributed by atoms with Crippen molar-refractivity contribution < 1.29 is 30.6 Å². The van der Waals surface area contributed by atoms with E-state index in [1.165, 1.54) is 0 Å². The second kappa shape index (κ2) is 9.25.